The van der Waals surface area contributed by atoms with Gasteiger partial charge in [0, 0.05) is 7.62 Å². The second-order valence-electron chi connectivity index (χ2n) is 1.97. The van der Waals surface area contributed by atoms with Crippen LogP contribution in [0.15, 0.2) is 22.2 Å². The Hall–Kier alpha value is -1.12. The third kappa shape index (κ3) is 1.67. The Morgan fingerprint density at radius 3 is 2.82 bits per heavy atom. The van der Waals surface area contributed by atoms with E-state index in [0.717, 1.165) is 23.9 Å². The largest absolute Gasteiger partial charge is 0.345 e. The number of aromatic nitrogens is 1. The summed E-state index contributed by atoms with van der Waals surface area (Å²) in [6.45, 7) is 5.67. The number of hydrogen-bond acceptors (Lipinski definition) is 2. The topological polar surface area (TPSA) is 40.5 Å². The summed E-state index contributed by atoms with van der Waals surface area (Å²) >= 11 is 0. The fourth-order valence-corrected chi connectivity index (χ4v) is 0.939. The Morgan fingerprint density at radius 2 is 2.09 bits per heavy atom. The zero-order valence-corrected chi connectivity index (χ0v) is 6.96. The average Bonchev–Trinajstić information content (AvgIpc) is 2.55. The zero-order chi connectivity index (χ0) is 8.10. The predicted molar refractivity (Wildman–Crippen MR) is 46.3 cm³/mol. The molecule has 0 bridgehead atoms. The molecule has 3 heteroatoms. The van der Waals surface area contributed by atoms with Crippen LogP contribution in [0.5, 0.6) is 0 Å². The quantitative estimate of drug-likeness (QED) is 0.565. The maximum atomic E-state index is 4.23. The molecule has 62 valence electrons. The standard InChI is InChI=1S/C6H7N3.C2H6.H2/c1-2-8-6-5(1)7-3-4-9-6;1-2;/h1-2H,3-4H2,(H,8,9);1-2H3;1H. The summed E-state index contributed by atoms with van der Waals surface area (Å²) in [6.07, 6.45) is 1.86. The van der Waals surface area contributed by atoms with Crippen molar-refractivity contribution < 1.29 is 1.43 Å². The molecule has 0 unspecified atom stereocenters. The third-order valence-electron chi connectivity index (χ3n) is 1.36. The molecule has 1 aliphatic heterocycles. The molecule has 0 aliphatic carbocycles. The van der Waals surface area contributed by atoms with E-state index < -0.39 is 0 Å². The molecule has 3 nitrogen and oxygen atoms in total. The van der Waals surface area contributed by atoms with Crippen LogP contribution in [0.2, 0.25) is 0 Å². The van der Waals surface area contributed by atoms with E-state index in [0.29, 0.717) is 0 Å². The predicted octanol–water partition coefficient (Wildman–Crippen LogP) is 0.540. The molecule has 2 rings (SSSR count). The van der Waals surface area contributed by atoms with E-state index in [1.54, 1.807) is 0 Å². The second-order valence-corrected chi connectivity index (χ2v) is 1.97. The fraction of sp³-hybridized carbons (Fsp3) is 0.500. The van der Waals surface area contributed by atoms with Gasteiger partial charge in [-0.25, -0.2) is 0 Å². The molecule has 1 N–H and O–H groups in total. The van der Waals surface area contributed by atoms with Crippen LogP contribution in [-0.2, 0) is 0 Å². The summed E-state index contributed by atoms with van der Waals surface area (Å²) in [5.74, 6) is 0. The molecule has 11 heavy (non-hydrogen) atoms. The highest BCUT2D eigenvalue weighted by Crippen LogP contribution is 1.74. The van der Waals surface area contributed by atoms with Crippen LogP contribution in [0, 0.1) is 0 Å². The first-order chi connectivity index (χ1) is 5.47. The van der Waals surface area contributed by atoms with E-state index in [4.69, 9.17) is 0 Å². The van der Waals surface area contributed by atoms with Gasteiger partial charge in [0.25, 0.3) is 0 Å². The number of fused-ring (bicyclic) bond motifs is 1. The van der Waals surface area contributed by atoms with Crippen LogP contribution in [-0.4, -0.2) is 18.1 Å². The van der Waals surface area contributed by atoms with Gasteiger partial charge in [0.05, 0.1) is 13.1 Å². The van der Waals surface area contributed by atoms with Crippen molar-refractivity contribution in [2.75, 3.05) is 13.1 Å². The van der Waals surface area contributed by atoms with Crippen molar-refractivity contribution in [2.45, 2.75) is 13.8 Å². The lowest BCUT2D eigenvalue weighted by molar-refractivity contribution is 0.851. The molecule has 0 radical (unpaired) electrons. The minimum atomic E-state index is 0. The lowest BCUT2D eigenvalue weighted by Gasteiger charge is -1.91. The second kappa shape index (κ2) is 3.91. The SMILES string of the molecule is CC.[HH].c1cc2c([nH]1)=NCCN=2. The van der Waals surface area contributed by atoms with Crippen LogP contribution >= 0.6 is 0 Å². The first kappa shape index (κ1) is 7.98. The third-order valence-corrected chi connectivity index (χ3v) is 1.36. The molecule has 0 aromatic carbocycles. The first-order valence-electron chi connectivity index (χ1n) is 3.99. The maximum Gasteiger partial charge on any atom is 0.150 e. The van der Waals surface area contributed by atoms with Crippen molar-refractivity contribution in [1.82, 2.24) is 4.98 Å². The van der Waals surface area contributed by atoms with Crippen LogP contribution in [0.25, 0.3) is 0 Å². The van der Waals surface area contributed by atoms with E-state index in [9.17, 15) is 0 Å². The molecule has 0 amide bonds. The van der Waals surface area contributed by atoms with Crippen molar-refractivity contribution in [3.05, 3.63) is 23.1 Å². The maximum absolute atomic E-state index is 4.23. The minimum absolute atomic E-state index is 0. The van der Waals surface area contributed by atoms with Crippen molar-refractivity contribution in [3.8, 4) is 0 Å². The van der Waals surface area contributed by atoms with E-state index in [2.05, 4.69) is 15.0 Å². The fourth-order valence-electron chi connectivity index (χ4n) is 0.939. The molecule has 0 saturated heterocycles. The molecule has 1 aromatic rings. The molecule has 0 fully saturated rings. The van der Waals surface area contributed by atoms with Crippen molar-refractivity contribution in [2.24, 2.45) is 9.98 Å². The number of nitrogens with zero attached hydrogens (tertiary/aromatic N) is 2. The summed E-state index contributed by atoms with van der Waals surface area (Å²) in [5.41, 5.74) is 0.932. The van der Waals surface area contributed by atoms with E-state index in [-0.39, 0.29) is 1.43 Å². The van der Waals surface area contributed by atoms with Gasteiger partial charge in [-0.05, 0) is 6.07 Å². The highest BCUT2D eigenvalue weighted by molar-refractivity contribution is 4.90. The highest BCUT2D eigenvalue weighted by Gasteiger charge is 1.92. The van der Waals surface area contributed by atoms with Gasteiger partial charge in [-0.2, -0.15) is 0 Å². The van der Waals surface area contributed by atoms with Gasteiger partial charge in [0.15, 0.2) is 5.49 Å². The van der Waals surface area contributed by atoms with Gasteiger partial charge < -0.3 is 4.98 Å². The summed E-state index contributed by atoms with van der Waals surface area (Å²) in [4.78, 5) is 11.4. The molecule has 0 atom stereocenters. The average molecular weight is 153 g/mol. The Kier molecular flexibility index (Phi) is 2.83. The Morgan fingerprint density at radius 1 is 1.36 bits per heavy atom. The minimum Gasteiger partial charge on any atom is -0.345 e. The number of H-pyrrole nitrogens is 1. The lowest BCUT2D eigenvalue weighted by Crippen LogP contribution is -2.27. The smallest absolute Gasteiger partial charge is 0.150 e. The number of aromatic amines is 1. The summed E-state index contributed by atoms with van der Waals surface area (Å²) in [7, 11) is 0. The number of rotatable bonds is 0. The van der Waals surface area contributed by atoms with E-state index in [1.807, 2.05) is 26.1 Å². The van der Waals surface area contributed by atoms with Crippen LogP contribution in [0.1, 0.15) is 15.3 Å². The van der Waals surface area contributed by atoms with Crippen LogP contribution in [0.3, 0.4) is 0 Å². The molecule has 0 saturated carbocycles. The summed E-state index contributed by atoms with van der Waals surface area (Å²) < 4.78 is 0. The molecular weight excluding hydrogens is 138 g/mol. The number of nitrogens with one attached hydrogen (secondary N) is 1. The van der Waals surface area contributed by atoms with E-state index in [1.165, 1.54) is 0 Å². The normalized spacial score (nSPS) is 13.3. The molecule has 0 spiro atoms. The molecule has 1 aromatic heterocycles. The Balaban J connectivity index is 0.000000378. The number of hydrogen-bond donors (Lipinski definition) is 1. The molecule has 1 aliphatic rings. The summed E-state index contributed by atoms with van der Waals surface area (Å²) in [5, 5.41) is 1.00. The monoisotopic (exact) mass is 153 g/mol. The van der Waals surface area contributed by atoms with Gasteiger partial charge in [0.1, 0.15) is 5.36 Å². The highest BCUT2D eigenvalue weighted by atomic mass is 14.9. The lowest BCUT2D eigenvalue weighted by atomic mass is 10.5. The first-order valence-corrected chi connectivity index (χ1v) is 3.99. The zero-order valence-electron chi connectivity index (χ0n) is 6.96. The van der Waals surface area contributed by atoms with Gasteiger partial charge in [-0.1, -0.05) is 13.8 Å². The van der Waals surface area contributed by atoms with Crippen LogP contribution in [0.4, 0.5) is 0 Å². The van der Waals surface area contributed by atoms with Crippen LogP contribution < -0.4 is 10.8 Å². The van der Waals surface area contributed by atoms with Gasteiger partial charge in [0.2, 0.25) is 0 Å². The molecular formula is C8H15N3. The Labute approximate surface area is 67.4 Å². The summed E-state index contributed by atoms with van der Waals surface area (Å²) in [6, 6.07) is 1.94. The Bertz CT molecular complexity index is 285. The van der Waals surface area contributed by atoms with Crippen molar-refractivity contribution in [3.63, 3.8) is 0 Å². The van der Waals surface area contributed by atoms with E-state index >= 15 is 0 Å². The van der Waals surface area contributed by atoms with Gasteiger partial charge in [-0.15, -0.1) is 0 Å². The molecule has 2 heterocycles. The van der Waals surface area contributed by atoms with Crippen molar-refractivity contribution in [1.29, 1.82) is 0 Å². The van der Waals surface area contributed by atoms with Crippen molar-refractivity contribution >= 4 is 0 Å². The van der Waals surface area contributed by atoms with Gasteiger partial charge >= 0.3 is 0 Å². The van der Waals surface area contributed by atoms with Gasteiger partial charge in [-0.3, -0.25) is 9.98 Å².